The summed E-state index contributed by atoms with van der Waals surface area (Å²) in [6, 6.07) is 0. The minimum Gasteiger partial charge on any atom is -0.396 e. The molecule has 0 aliphatic heterocycles. The highest BCUT2D eigenvalue weighted by atomic mass is 16.2. The normalized spacial score (nSPS) is 16.8. The first-order valence-corrected chi connectivity index (χ1v) is 7.20. The number of nitrogens with two attached hydrogens (primary N) is 1. The van der Waals surface area contributed by atoms with E-state index in [-0.39, 0.29) is 5.54 Å². The Hall–Kier alpha value is -0.120. The molecule has 0 amide bonds. The number of hydrogen-bond acceptors (Lipinski definition) is 3. The molecule has 0 bridgehead atoms. The van der Waals surface area contributed by atoms with Gasteiger partial charge in [-0.15, -0.1) is 0 Å². The zero-order valence-corrected chi connectivity index (χ0v) is 12.0. The van der Waals surface area contributed by atoms with Crippen molar-refractivity contribution in [2.24, 2.45) is 11.7 Å². The van der Waals surface area contributed by atoms with Crippen molar-refractivity contribution in [3.63, 3.8) is 0 Å². The predicted octanol–water partition coefficient (Wildman–Crippen LogP) is 2.28. The monoisotopic (exact) mass is 244 g/mol. The molecular formula is C14H32N2O. The molecule has 0 saturated carbocycles. The van der Waals surface area contributed by atoms with E-state index in [1.807, 2.05) is 0 Å². The lowest BCUT2D eigenvalue weighted by Gasteiger charge is -2.35. The second kappa shape index (κ2) is 9.86. The molecule has 0 fully saturated rings. The Morgan fingerprint density at radius 3 is 2.41 bits per heavy atom. The van der Waals surface area contributed by atoms with Gasteiger partial charge in [-0.25, -0.2) is 0 Å². The van der Waals surface area contributed by atoms with Gasteiger partial charge in [0.2, 0.25) is 0 Å². The summed E-state index contributed by atoms with van der Waals surface area (Å²) in [5.74, 6) is 0.725. The SMILES string of the molecule is CCC(C)CC(CC)(CN)NCCCCCO. The second-order valence-corrected chi connectivity index (χ2v) is 5.27. The van der Waals surface area contributed by atoms with Gasteiger partial charge < -0.3 is 16.2 Å². The summed E-state index contributed by atoms with van der Waals surface area (Å²) in [7, 11) is 0. The molecular weight excluding hydrogens is 212 g/mol. The van der Waals surface area contributed by atoms with E-state index < -0.39 is 0 Å². The Bertz CT molecular complexity index is 170. The lowest BCUT2D eigenvalue weighted by molar-refractivity contribution is 0.249. The zero-order valence-electron chi connectivity index (χ0n) is 12.0. The van der Waals surface area contributed by atoms with Crippen molar-refractivity contribution < 1.29 is 5.11 Å². The third-order valence-electron chi connectivity index (χ3n) is 3.84. The predicted molar refractivity (Wildman–Crippen MR) is 75.1 cm³/mol. The van der Waals surface area contributed by atoms with Crippen LogP contribution in [0.1, 0.15) is 59.3 Å². The topological polar surface area (TPSA) is 58.3 Å². The number of hydrogen-bond donors (Lipinski definition) is 3. The average Bonchev–Trinajstić information content (AvgIpc) is 2.37. The summed E-state index contributed by atoms with van der Waals surface area (Å²) in [5.41, 5.74) is 6.08. The van der Waals surface area contributed by atoms with Crippen molar-refractivity contribution in [2.45, 2.75) is 64.8 Å². The van der Waals surface area contributed by atoms with Gasteiger partial charge in [-0.1, -0.05) is 27.2 Å². The van der Waals surface area contributed by atoms with E-state index in [9.17, 15) is 0 Å². The van der Waals surface area contributed by atoms with Crippen molar-refractivity contribution in [1.82, 2.24) is 5.32 Å². The Morgan fingerprint density at radius 2 is 1.94 bits per heavy atom. The van der Waals surface area contributed by atoms with Crippen LogP contribution in [-0.2, 0) is 0 Å². The van der Waals surface area contributed by atoms with Gasteiger partial charge in [0.25, 0.3) is 0 Å². The fraction of sp³-hybridized carbons (Fsp3) is 1.00. The van der Waals surface area contributed by atoms with E-state index in [4.69, 9.17) is 10.8 Å². The van der Waals surface area contributed by atoms with Crippen LogP contribution in [0.3, 0.4) is 0 Å². The molecule has 0 aromatic rings. The molecule has 104 valence electrons. The van der Waals surface area contributed by atoms with Crippen LogP contribution in [0.15, 0.2) is 0 Å². The van der Waals surface area contributed by atoms with Crippen molar-refractivity contribution in [3.8, 4) is 0 Å². The van der Waals surface area contributed by atoms with E-state index in [0.29, 0.717) is 13.2 Å². The van der Waals surface area contributed by atoms with Gasteiger partial charge >= 0.3 is 0 Å². The van der Waals surface area contributed by atoms with E-state index in [1.54, 1.807) is 0 Å². The molecule has 0 spiro atoms. The number of unbranched alkanes of at least 4 members (excludes halogenated alkanes) is 2. The van der Waals surface area contributed by atoms with Gasteiger partial charge in [0, 0.05) is 18.7 Å². The van der Waals surface area contributed by atoms with Crippen LogP contribution in [0, 0.1) is 5.92 Å². The van der Waals surface area contributed by atoms with E-state index in [2.05, 4.69) is 26.1 Å². The molecule has 2 unspecified atom stereocenters. The number of nitrogens with one attached hydrogen (secondary N) is 1. The first kappa shape index (κ1) is 16.9. The molecule has 0 aliphatic rings. The van der Waals surface area contributed by atoms with Gasteiger partial charge in [-0.2, -0.15) is 0 Å². The third-order valence-corrected chi connectivity index (χ3v) is 3.84. The Morgan fingerprint density at radius 1 is 1.24 bits per heavy atom. The quantitative estimate of drug-likeness (QED) is 0.489. The van der Waals surface area contributed by atoms with Gasteiger partial charge in [0.15, 0.2) is 0 Å². The van der Waals surface area contributed by atoms with Crippen LogP contribution in [0.4, 0.5) is 0 Å². The molecule has 0 aliphatic carbocycles. The van der Waals surface area contributed by atoms with Gasteiger partial charge in [0.05, 0.1) is 0 Å². The molecule has 4 N–H and O–H groups in total. The van der Waals surface area contributed by atoms with Crippen LogP contribution < -0.4 is 11.1 Å². The maximum atomic E-state index is 8.73. The molecule has 2 atom stereocenters. The minimum atomic E-state index is 0.120. The fourth-order valence-corrected chi connectivity index (χ4v) is 2.22. The molecule has 0 heterocycles. The smallest absolute Gasteiger partial charge is 0.0431 e. The first-order valence-electron chi connectivity index (χ1n) is 7.20. The number of aliphatic hydroxyl groups is 1. The van der Waals surface area contributed by atoms with Crippen LogP contribution in [0.5, 0.6) is 0 Å². The maximum Gasteiger partial charge on any atom is 0.0431 e. The molecule has 3 nitrogen and oxygen atoms in total. The Labute approximate surface area is 107 Å². The molecule has 0 aromatic heterocycles. The van der Waals surface area contributed by atoms with Crippen LogP contribution in [0.25, 0.3) is 0 Å². The third kappa shape index (κ3) is 7.02. The standard InChI is InChI=1S/C14H32N2O/c1-4-13(3)11-14(5-2,12-15)16-9-7-6-8-10-17/h13,16-17H,4-12,15H2,1-3H3. The van der Waals surface area contributed by atoms with Gasteiger partial charge in [-0.3, -0.25) is 0 Å². The summed E-state index contributed by atoms with van der Waals surface area (Å²) in [4.78, 5) is 0. The highest BCUT2D eigenvalue weighted by Crippen LogP contribution is 2.22. The summed E-state index contributed by atoms with van der Waals surface area (Å²) in [5, 5.41) is 12.4. The molecule has 0 rings (SSSR count). The molecule has 0 radical (unpaired) electrons. The van der Waals surface area contributed by atoms with Crippen LogP contribution >= 0.6 is 0 Å². The Balaban J connectivity index is 4.02. The summed E-state index contributed by atoms with van der Waals surface area (Å²) >= 11 is 0. The summed E-state index contributed by atoms with van der Waals surface area (Å²) < 4.78 is 0. The lowest BCUT2D eigenvalue weighted by Crippen LogP contribution is -2.52. The molecule has 0 aromatic carbocycles. The van der Waals surface area contributed by atoms with Crippen LogP contribution in [0.2, 0.25) is 0 Å². The lowest BCUT2D eigenvalue weighted by atomic mass is 9.84. The first-order chi connectivity index (χ1) is 8.14. The average molecular weight is 244 g/mol. The summed E-state index contributed by atoms with van der Waals surface area (Å²) in [6.07, 6.45) is 6.60. The molecule has 17 heavy (non-hydrogen) atoms. The van der Waals surface area contributed by atoms with Crippen molar-refractivity contribution in [3.05, 3.63) is 0 Å². The Kier molecular flexibility index (Phi) is 9.79. The van der Waals surface area contributed by atoms with Crippen molar-refractivity contribution >= 4 is 0 Å². The largest absolute Gasteiger partial charge is 0.396 e. The maximum absolute atomic E-state index is 8.73. The molecule has 3 heteroatoms. The molecule has 0 saturated heterocycles. The summed E-state index contributed by atoms with van der Waals surface area (Å²) in [6.45, 7) is 8.80. The second-order valence-electron chi connectivity index (χ2n) is 5.27. The zero-order chi connectivity index (χ0) is 13.1. The number of aliphatic hydroxyl groups excluding tert-OH is 1. The van der Waals surface area contributed by atoms with Gasteiger partial charge in [0.1, 0.15) is 0 Å². The van der Waals surface area contributed by atoms with E-state index >= 15 is 0 Å². The van der Waals surface area contributed by atoms with E-state index in [0.717, 1.165) is 44.6 Å². The van der Waals surface area contributed by atoms with Gasteiger partial charge in [-0.05, 0) is 44.6 Å². The van der Waals surface area contributed by atoms with Crippen LogP contribution in [-0.4, -0.2) is 30.3 Å². The number of rotatable bonds is 11. The van der Waals surface area contributed by atoms with Crippen molar-refractivity contribution in [2.75, 3.05) is 19.7 Å². The fourth-order valence-electron chi connectivity index (χ4n) is 2.22. The highest BCUT2D eigenvalue weighted by Gasteiger charge is 2.27. The minimum absolute atomic E-state index is 0.120. The van der Waals surface area contributed by atoms with E-state index in [1.165, 1.54) is 6.42 Å². The van der Waals surface area contributed by atoms with Crippen molar-refractivity contribution in [1.29, 1.82) is 0 Å². The highest BCUT2D eigenvalue weighted by molar-refractivity contribution is 4.89.